The van der Waals surface area contributed by atoms with Gasteiger partial charge in [0.15, 0.2) is 11.8 Å². The fraction of sp³-hybridized carbons (Fsp3) is 0.143. The van der Waals surface area contributed by atoms with Crippen molar-refractivity contribution in [2.75, 3.05) is 0 Å². The van der Waals surface area contributed by atoms with Gasteiger partial charge in [0.25, 0.3) is 0 Å². The molecule has 0 fully saturated rings. The van der Waals surface area contributed by atoms with E-state index >= 15 is 0 Å². The molecular weight excluding hydrogens is 276 g/mol. The molecule has 3 aromatic rings. The Morgan fingerprint density at radius 3 is 2.75 bits per heavy atom. The smallest absolute Gasteiger partial charge is 0.160 e. The number of rotatable bonds is 3. The van der Waals surface area contributed by atoms with Crippen LogP contribution in [0.5, 0.6) is 0 Å². The number of hydrogen-bond donors (Lipinski definition) is 0. The monoisotopic (exact) mass is 286 g/mol. The van der Waals surface area contributed by atoms with E-state index in [2.05, 4.69) is 15.3 Å². The van der Waals surface area contributed by atoms with Crippen LogP contribution in [0, 0.1) is 0 Å². The molecule has 0 radical (unpaired) electrons. The van der Waals surface area contributed by atoms with E-state index in [9.17, 15) is 4.79 Å². The number of hydrogen-bond acceptors (Lipinski definition) is 4. The Hall–Kier alpha value is -2.27. The van der Waals surface area contributed by atoms with Crippen molar-refractivity contribution in [3.8, 4) is 0 Å². The second kappa shape index (κ2) is 5.02. The summed E-state index contributed by atoms with van der Waals surface area (Å²) in [5.74, 6) is -0.0737. The molecule has 100 valence electrons. The largest absolute Gasteiger partial charge is 0.297 e. The summed E-state index contributed by atoms with van der Waals surface area (Å²) in [7, 11) is 0. The Kier molecular flexibility index (Phi) is 3.20. The first-order valence-electron chi connectivity index (χ1n) is 6.09. The Morgan fingerprint density at radius 1 is 1.20 bits per heavy atom. The van der Waals surface area contributed by atoms with Crippen molar-refractivity contribution in [2.45, 2.75) is 13.0 Å². The molecule has 6 heteroatoms. The quantitative estimate of drug-likeness (QED) is 0.695. The van der Waals surface area contributed by atoms with E-state index in [4.69, 9.17) is 11.6 Å². The van der Waals surface area contributed by atoms with E-state index in [1.165, 1.54) is 6.92 Å². The van der Waals surface area contributed by atoms with E-state index in [0.29, 0.717) is 10.8 Å². The van der Waals surface area contributed by atoms with Crippen molar-refractivity contribution in [1.82, 2.24) is 20.0 Å². The summed E-state index contributed by atoms with van der Waals surface area (Å²) in [4.78, 5) is 16.2. The molecule has 0 aliphatic rings. The highest BCUT2D eigenvalue weighted by Gasteiger charge is 2.23. The lowest BCUT2D eigenvalue weighted by Crippen LogP contribution is -2.20. The molecule has 1 unspecified atom stereocenters. The van der Waals surface area contributed by atoms with Crippen LogP contribution in [0.15, 0.2) is 42.5 Å². The van der Waals surface area contributed by atoms with Gasteiger partial charge in [0.05, 0.1) is 11.2 Å². The summed E-state index contributed by atoms with van der Waals surface area (Å²) in [6.07, 6.45) is 0. The first-order chi connectivity index (χ1) is 9.66. The van der Waals surface area contributed by atoms with Crippen molar-refractivity contribution < 1.29 is 4.79 Å². The predicted octanol–water partition coefficient (Wildman–Crippen LogP) is 2.66. The number of nitrogens with zero attached hydrogens (tertiary/aromatic N) is 4. The molecule has 0 bridgehead atoms. The number of para-hydroxylation sites is 1. The zero-order valence-electron chi connectivity index (χ0n) is 10.7. The molecule has 0 aliphatic heterocycles. The van der Waals surface area contributed by atoms with Gasteiger partial charge in [-0.05, 0) is 31.2 Å². The summed E-state index contributed by atoms with van der Waals surface area (Å²) in [6, 6.07) is 12.0. The van der Waals surface area contributed by atoms with Gasteiger partial charge in [0.2, 0.25) is 0 Å². The lowest BCUT2D eigenvalue weighted by atomic mass is 10.1. The number of Topliss-reactive ketones (excluding diaryl/α,β-unsaturated/α-hetero) is 1. The molecule has 2 heterocycles. The molecule has 0 saturated heterocycles. The lowest BCUT2D eigenvalue weighted by Gasteiger charge is -2.14. The van der Waals surface area contributed by atoms with Gasteiger partial charge in [-0.15, -0.1) is 5.10 Å². The van der Waals surface area contributed by atoms with Crippen LogP contribution in [0.4, 0.5) is 0 Å². The first-order valence-corrected chi connectivity index (χ1v) is 6.47. The number of ketones is 1. The van der Waals surface area contributed by atoms with Crippen molar-refractivity contribution in [3.05, 3.63) is 53.3 Å². The van der Waals surface area contributed by atoms with Gasteiger partial charge >= 0.3 is 0 Å². The minimum absolute atomic E-state index is 0.0737. The highest BCUT2D eigenvalue weighted by Crippen LogP contribution is 2.22. The van der Waals surface area contributed by atoms with E-state index < -0.39 is 6.04 Å². The van der Waals surface area contributed by atoms with Crippen LogP contribution < -0.4 is 0 Å². The number of carbonyl (C=O) groups is 1. The molecule has 3 rings (SSSR count). The molecular formula is C14H11ClN4O. The predicted molar refractivity (Wildman–Crippen MR) is 75.6 cm³/mol. The highest BCUT2D eigenvalue weighted by atomic mass is 35.5. The molecule has 0 spiro atoms. The van der Waals surface area contributed by atoms with Crippen LogP contribution in [0.3, 0.4) is 0 Å². The maximum Gasteiger partial charge on any atom is 0.160 e. The molecule has 0 saturated carbocycles. The average molecular weight is 287 g/mol. The standard InChI is InChI=1S/C14H11ClN4O/c1-9(20)14(11-6-4-8-13(15)16-11)19-12-7-3-2-5-10(12)17-18-19/h2-8,14H,1H3. The van der Waals surface area contributed by atoms with Crippen molar-refractivity contribution >= 4 is 28.4 Å². The molecule has 2 aromatic heterocycles. The fourth-order valence-corrected chi connectivity index (χ4v) is 2.33. The first kappa shape index (κ1) is 12.7. The second-order valence-electron chi connectivity index (χ2n) is 4.42. The molecule has 1 aromatic carbocycles. The van der Waals surface area contributed by atoms with Crippen LogP contribution in [0.2, 0.25) is 5.15 Å². The third kappa shape index (κ3) is 2.16. The summed E-state index contributed by atoms with van der Waals surface area (Å²) in [6.45, 7) is 1.50. The van der Waals surface area contributed by atoms with Gasteiger partial charge < -0.3 is 0 Å². The lowest BCUT2D eigenvalue weighted by molar-refractivity contribution is -0.119. The van der Waals surface area contributed by atoms with E-state index in [-0.39, 0.29) is 5.78 Å². The van der Waals surface area contributed by atoms with Gasteiger partial charge in [0, 0.05) is 0 Å². The van der Waals surface area contributed by atoms with E-state index in [1.807, 2.05) is 24.3 Å². The SMILES string of the molecule is CC(=O)C(c1cccc(Cl)n1)n1nnc2ccccc21. The minimum atomic E-state index is -0.624. The third-order valence-corrected chi connectivity index (χ3v) is 3.23. The van der Waals surface area contributed by atoms with Crippen molar-refractivity contribution in [1.29, 1.82) is 0 Å². The van der Waals surface area contributed by atoms with Crippen LogP contribution in [-0.2, 0) is 4.79 Å². The van der Waals surface area contributed by atoms with Crippen LogP contribution in [-0.4, -0.2) is 25.8 Å². The van der Waals surface area contributed by atoms with Crippen molar-refractivity contribution in [3.63, 3.8) is 0 Å². The minimum Gasteiger partial charge on any atom is -0.297 e. The molecule has 0 aliphatic carbocycles. The van der Waals surface area contributed by atoms with Gasteiger partial charge in [0.1, 0.15) is 10.7 Å². The summed E-state index contributed by atoms with van der Waals surface area (Å²) >= 11 is 5.91. The average Bonchev–Trinajstić information content (AvgIpc) is 2.83. The topological polar surface area (TPSA) is 60.7 Å². The van der Waals surface area contributed by atoms with Crippen molar-refractivity contribution in [2.24, 2.45) is 0 Å². The third-order valence-electron chi connectivity index (χ3n) is 3.02. The highest BCUT2D eigenvalue weighted by molar-refractivity contribution is 6.29. The maximum absolute atomic E-state index is 12.0. The summed E-state index contributed by atoms with van der Waals surface area (Å²) in [5, 5.41) is 8.50. The Balaban J connectivity index is 2.19. The molecule has 1 atom stereocenters. The zero-order valence-corrected chi connectivity index (χ0v) is 11.4. The number of halogens is 1. The summed E-state index contributed by atoms with van der Waals surface area (Å²) < 4.78 is 1.58. The van der Waals surface area contributed by atoms with Gasteiger partial charge in [-0.25, -0.2) is 9.67 Å². The number of pyridine rings is 1. The normalized spacial score (nSPS) is 12.5. The Bertz CT molecular complexity index is 783. The number of aromatic nitrogens is 4. The van der Waals surface area contributed by atoms with Gasteiger partial charge in [-0.3, -0.25) is 4.79 Å². The fourth-order valence-electron chi connectivity index (χ4n) is 2.16. The molecule has 0 amide bonds. The van der Waals surface area contributed by atoms with E-state index in [1.54, 1.807) is 22.9 Å². The number of benzene rings is 1. The molecule has 5 nitrogen and oxygen atoms in total. The number of fused-ring (bicyclic) bond motifs is 1. The molecule has 0 N–H and O–H groups in total. The molecule has 20 heavy (non-hydrogen) atoms. The van der Waals surface area contributed by atoms with Crippen LogP contribution >= 0.6 is 11.6 Å². The number of carbonyl (C=O) groups excluding carboxylic acids is 1. The second-order valence-corrected chi connectivity index (χ2v) is 4.81. The van der Waals surface area contributed by atoms with E-state index in [0.717, 1.165) is 11.0 Å². The van der Waals surface area contributed by atoms with Crippen LogP contribution in [0.1, 0.15) is 18.7 Å². The summed E-state index contributed by atoms with van der Waals surface area (Å²) in [5.41, 5.74) is 2.08. The zero-order chi connectivity index (χ0) is 14.1. The van der Waals surface area contributed by atoms with Gasteiger partial charge in [-0.1, -0.05) is 35.0 Å². The van der Waals surface area contributed by atoms with Crippen LogP contribution in [0.25, 0.3) is 11.0 Å². The Labute approximate surface area is 120 Å². The van der Waals surface area contributed by atoms with Gasteiger partial charge in [-0.2, -0.15) is 0 Å². The maximum atomic E-state index is 12.0. The Morgan fingerprint density at radius 2 is 2.00 bits per heavy atom.